The molecule has 208 valence electrons. The van der Waals surface area contributed by atoms with E-state index in [2.05, 4.69) is 44.3 Å². The number of halogens is 1. The van der Waals surface area contributed by atoms with Crippen LogP contribution in [0.5, 0.6) is 0 Å². The Labute approximate surface area is 235 Å². The fourth-order valence-electron chi connectivity index (χ4n) is 4.73. The topological polar surface area (TPSA) is 142 Å². The van der Waals surface area contributed by atoms with Crippen molar-refractivity contribution in [3.05, 3.63) is 72.6 Å². The third-order valence-corrected chi connectivity index (χ3v) is 7.49. The van der Waals surface area contributed by atoms with Crippen LogP contribution in [0.25, 0.3) is 56.0 Å². The minimum atomic E-state index is -3.19. The van der Waals surface area contributed by atoms with E-state index >= 15 is 0 Å². The number of hydrogen-bond donors (Lipinski definition) is 3. The van der Waals surface area contributed by atoms with Gasteiger partial charge in [0.25, 0.3) is 0 Å². The molecule has 0 fully saturated rings. The number of hydrogen-bond acceptors (Lipinski definition) is 8. The van der Waals surface area contributed by atoms with E-state index < -0.39 is 15.7 Å². The lowest BCUT2D eigenvalue weighted by Crippen LogP contribution is -2.09. The minimum absolute atomic E-state index is 0.0687. The molecule has 0 aliphatic rings. The quantitative estimate of drug-likeness (QED) is 0.227. The van der Waals surface area contributed by atoms with Crippen molar-refractivity contribution in [2.45, 2.75) is 26.3 Å². The number of rotatable bonds is 8. The largest absolute Gasteiger partial charge is 0.382 e. The zero-order valence-corrected chi connectivity index (χ0v) is 23.4. The van der Waals surface area contributed by atoms with Gasteiger partial charge in [0.05, 0.1) is 39.9 Å². The summed E-state index contributed by atoms with van der Waals surface area (Å²) < 4.78 is 37.9. The molecule has 0 unspecified atom stereocenters. The van der Waals surface area contributed by atoms with Crippen molar-refractivity contribution in [1.82, 2.24) is 35.1 Å². The number of fused-ring (bicyclic) bond motifs is 2. The van der Waals surface area contributed by atoms with Crippen molar-refractivity contribution in [2.24, 2.45) is 0 Å². The third-order valence-electron chi connectivity index (χ3n) is 6.55. The fourth-order valence-corrected chi connectivity index (χ4v) is 5.33. The lowest BCUT2D eigenvalue weighted by molar-refractivity contribution is 0.600. The summed E-state index contributed by atoms with van der Waals surface area (Å²) in [6.45, 7) is 4.13. The Hall–Kier alpha value is -4.71. The van der Waals surface area contributed by atoms with E-state index in [1.165, 1.54) is 12.1 Å². The number of aromatic nitrogens is 7. The maximum absolute atomic E-state index is 14.6. The highest BCUT2D eigenvalue weighted by Crippen LogP contribution is 2.32. The van der Waals surface area contributed by atoms with Crippen molar-refractivity contribution in [3.8, 4) is 33.9 Å². The molecule has 0 saturated heterocycles. The van der Waals surface area contributed by atoms with Gasteiger partial charge in [-0.25, -0.2) is 22.8 Å². The summed E-state index contributed by atoms with van der Waals surface area (Å²) in [5.74, 6) is -0.0519. The SMILES string of the molecule is CC(C)Nc1cncc(-c2ccc3[nH]nc(-c4nc5c(-c6cc(F)cc(CCS(C)(=O)=O)c6)cncc5[nH]4)c3n2)c1. The second kappa shape index (κ2) is 10.4. The average Bonchev–Trinajstić information content (AvgIpc) is 3.54. The summed E-state index contributed by atoms with van der Waals surface area (Å²) >= 11 is 0. The van der Waals surface area contributed by atoms with E-state index in [0.29, 0.717) is 44.8 Å². The van der Waals surface area contributed by atoms with Gasteiger partial charge in [-0.2, -0.15) is 5.10 Å². The number of nitrogens with one attached hydrogen (secondary N) is 3. The van der Waals surface area contributed by atoms with Gasteiger partial charge in [-0.3, -0.25) is 15.1 Å². The Morgan fingerprint density at radius 1 is 0.927 bits per heavy atom. The number of aromatic amines is 2. The van der Waals surface area contributed by atoms with Gasteiger partial charge in [0.15, 0.2) is 11.5 Å². The number of pyridine rings is 3. The smallest absolute Gasteiger partial charge is 0.161 e. The Morgan fingerprint density at radius 2 is 1.76 bits per heavy atom. The molecule has 0 saturated carbocycles. The number of benzene rings is 1. The first-order chi connectivity index (χ1) is 19.6. The van der Waals surface area contributed by atoms with E-state index in [4.69, 9.17) is 9.97 Å². The number of anilines is 1. The Bertz CT molecular complexity index is 2020. The minimum Gasteiger partial charge on any atom is -0.382 e. The second-order valence-corrected chi connectivity index (χ2v) is 12.6. The number of H-pyrrole nitrogens is 2. The Balaban J connectivity index is 1.40. The molecule has 0 atom stereocenters. The summed E-state index contributed by atoms with van der Waals surface area (Å²) in [4.78, 5) is 21.7. The van der Waals surface area contributed by atoms with Crippen molar-refractivity contribution in [1.29, 1.82) is 0 Å². The van der Waals surface area contributed by atoms with E-state index in [1.807, 2.05) is 18.2 Å². The molecule has 6 aromatic rings. The van der Waals surface area contributed by atoms with Crippen LogP contribution in [0.4, 0.5) is 10.1 Å². The van der Waals surface area contributed by atoms with Gasteiger partial charge in [0.2, 0.25) is 0 Å². The highest BCUT2D eigenvalue weighted by atomic mass is 32.2. The van der Waals surface area contributed by atoms with Crippen LogP contribution in [0.1, 0.15) is 19.4 Å². The first kappa shape index (κ1) is 26.5. The maximum atomic E-state index is 14.6. The lowest BCUT2D eigenvalue weighted by Gasteiger charge is -2.10. The predicted molar refractivity (Wildman–Crippen MR) is 158 cm³/mol. The van der Waals surface area contributed by atoms with Gasteiger partial charge in [0, 0.05) is 42.0 Å². The van der Waals surface area contributed by atoms with Gasteiger partial charge in [-0.15, -0.1) is 0 Å². The van der Waals surface area contributed by atoms with Gasteiger partial charge in [-0.1, -0.05) is 6.07 Å². The first-order valence-electron chi connectivity index (χ1n) is 13.0. The summed E-state index contributed by atoms with van der Waals surface area (Å²) in [6, 6.07) is 10.6. The molecule has 0 aliphatic carbocycles. The number of imidazole rings is 1. The zero-order valence-electron chi connectivity index (χ0n) is 22.6. The molecule has 0 aliphatic heterocycles. The molecule has 1 aromatic carbocycles. The van der Waals surface area contributed by atoms with Crippen molar-refractivity contribution < 1.29 is 12.8 Å². The van der Waals surface area contributed by atoms with Crippen LogP contribution in [0, 0.1) is 5.82 Å². The molecule has 10 nitrogen and oxygen atoms in total. The molecule has 12 heteroatoms. The normalized spacial score (nSPS) is 12.0. The van der Waals surface area contributed by atoms with E-state index in [0.717, 1.165) is 28.7 Å². The van der Waals surface area contributed by atoms with Crippen molar-refractivity contribution in [2.75, 3.05) is 17.3 Å². The van der Waals surface area contributed by atoms with Crippen molar-refractivity contribution in [3.63, 3.8) is 0 Å². The summed E-state index contributed by atoms with van der Waals surface area (Å²) in [5, 5.41) is 10.9. The van der Waals surface area contributed by atoms with Gasteiger partial charge in [-0.05, 0) is 61.7 Å². The standard InChI is InChI=1S/C29H27FN8O2S/c1-16(2)33-21-11-19(12-31-13-21)23-4-5-24-27(34-23)28(38-37-24)29-35-25-15-32-14-22(26(25)36-29)18-8-17(9-20(30)10-18)6-7-41(3,39)40/h4-5,8-16,33H,6-7H2,1-3H3,(H,35,36)(H,37,38). The molecule has 3 N–H and O–H groups in total. The predicted octanol–water partition coefficient (Wildman–Crippen LogP) is 5.17. The van der Waals surface area contributed by atoms with Gasteiger partial charge in [0.1, 0.15) is 21.2 Å². The first-order valence-corrected chi connectivity index (χ1v) is 15.1. The third kappa shape index (κ3) is 5.64. The van der Waals surface area contributed by atoms with Crippen LogP contribution in [0.2, 0.25) is 0 Å². The van der Waals surface area contributed by atoms with E-state index in [-0.39, 0.29) is 18.2 Å². The van der Waals surface area contributed by atoms with Gasteiger partial charge < -0.3 is 10.3 Å². The highest BCUT2D eigenvalue weighted by Gasteiger charge is 2.18. The number of sulfone groups is 1. The molecule has 6 rings (SSSR count). The van der Waals surface area contributed by atoms with E-state index in [1.54, 1.807) is 30.9 Å². The highest BCUT2D eigenvalue weighted by molar-refractivity contribution is 7.90. The van der Waals surface area contributed by atoms with Crippen molar-refractivity contribution >= 4 is 37.6 Å². The van der Waals surface area contributed by atoms with Crippen LogP contribution in [0.3, 0.4) is 0 Å². The molecular formula is C29H27FN8O2S. The molecule has 0 radical (unpaired) electrons. The van der Waals surface area contributed by atoms with Crippen LogP contribution in [-0.4, -0.2) is 61.6 Å². The zero-order chi connectivity index (χ0) is 28.7. The Kier molecular flexibility index (Phi) is 6.70. The molecule has 0 spiro atoms. The summed E-state index contributed by atoms with van der Waals surface area (Å²) in [5.41, 5.74) is 7.37. The Morgan fingerprint density at radius 3 is 2.56 bits per heavy atom. The van der Waals surface area contributed by atoms with Crippen LogP contribution in [0.15, 0.2) is 61.2 Å². The van der Waals surface area contributed by atoms with Crippen LogP contribution < -0.4 is 5.32 Å². The summed E-state index contributed by atoms with van der Waals surface area (Å²) in [7, 11) is -3.19. The number of aryl methyl sites for hydroxylation is 1. The molecule has 0 amide bonds. The van der Waals surface area contributed by atoms with Crippen LogP contribution >= 0.6 is 0 Å². The second-order valence-electron chi connectivity index (χ2n) is 10.3. The van der Waals surface area contributed by atoms with E-state index in [9.17, 15) is 12.8 Å². The fraction of sp³-hybridized carbons (Fsp3) is 0.207. The monoisotopic (exact) mass is 570 g/mol. The maximum Gasteiger partial charge on any atom is 0.161 e. The molecule has 5 heterocycles. The molecule has 0 bridgehead atoms. The molecular weight excluding hydrogens is 543 g/mol. The molecule has 5 aromatic heterocycles. The van der Waals surface area contributed by atoms with Gasteiger partial charge >= 0.3 is 0 Å². The van der Waals surface area contributed by atoms with Crippen LogP contribution in [-0.2, 0) is 16.3 Å². The number of nitrogens with zero attached hydrogens (tertiary/aromatic N) is 5. The molecule has 41 heavy (non-hydrogen) atoms. The lowest BCUT2D eigenvalue weighted by atomic mass is 10.0. The summed E-state index contributed by atoms with van der Waals surface area (Å²) in [6.07, 6.45) is 8.17. The average molecular weight is 571 g/mol.